The molecule has 3 amide bonds. The zero-order chi connectivity index (χ0) is 18.5. The molecule has 1 aliphatic rings. The number of amides is 3. The van der Waals surface area contributed by atoms with Gasteiger partial charge in [-0.25, -0.2) is 9.78 Å². The van der Waals surface area contributed by atoms with Crippen molar-refractivity contribution in [3.8, 4) is 0 Å². The number of aryl methyl sites for hydroxylation is 2. The maximum Gasteiger partial charge on any atom is 0.317 e. The van der Waals surface area contributed by atoms with E-state index in [9.17, 15) is 9.59 Å². The summed E-state index contributed by atoms with van der Waals surface area (Å²) in [5.41, 5.74) is 3.49. The van der Waals surface area contributed by atoms with Crippen LogP contribution in [0.3, 0.4) is 0 Å². The molecule has 2 N–H and O–H groups in total. The number of thiazole rings is 1. The molecule has 1 atom stereocenters. The highest BCUT2D eigenvalue weighted by Crippen LogP contribution is 2.20. The van der Waals surface area contributed by atoms with Gasteiger partial charge in [-0.2, -0.15) is 0 Å². The molecule has 1 fully saturated rings. The van der Waals surface area contributed by atoms with Crippen molar-refractivity contribution in [2.75, 3.05) is 18.4 Å². The van der Waals surface area contributed by atoms with Gasteiger partial charge in [-0.05, 0) is 37.8 Å². The molecule has 7 heteroatoms. The summed E-state index contributed by atoms with van der Waals surface area (Å²) in [4.78, 5) is 30.7. The van der Waals surface area contributed by atoms with E-state index >= 15 is 0 Å². The molecule has 3 rings (SSSR count). The zero-order valence-electron chi connectivity index (χ0n) is 15.1. The fourth-order valence-electron chi connectivity index (χ4n) is 3.20. The predicted octanol–water partition coefficient (Wildman–Crippen LogP) is 3.32. The molecule has 0 unspecified atom stereocenters. The van der Waals surface area contributed by atoms with Gasteiger partial charge in [0, 0.05) is 31.2 Å². The van der Waals surface area contributed by atoms with Crippen LogP contribution in [-0.4, -0.2) is 34.9 Å². The number of nitrogens with zero attached hydrogens (tertiary/aromatic N) is 2. The Bertz CT molecular complexity index is 776. The number of carbonyl (C=O) groups excluding carboxylic acids is 2. The number of rotatable bonds is 4. The van der Waals surface area contributed by atoms with Crippen molar-refractivity contribution >= 4 is 28.4 Å². The third kappa shape index (κ3) is 4.60. The van der Waals surface area contributed by atoms with E-state index in [1.165, 1.54) is 22.5 Å². The number of aromatic nitrogens is 1. The van der Waals surface area contributed by atoms with Gasteiger partial charge in [-0.3, -0.25) is 4.79 Å². The summed E-state index contributed by atoms with van der Waals surface area (Å²) in [7, 11) is 0. The van der Waals surface area contributed by atoms with E-state index in [0.29, 0.717) is 24.8 Å². The molecular formula is C19H24N4O2S. The number of hydrogen-bond acceptors (Lipinski definition) is 4. The Balaban J connectivity index is 1.53. The van der Waals surface area contributed by atoms with Crippen molar-refractivity contribution in [2.24, 2.45) is 5.92 Å². The number of anilines is 1. The highest BCUT2D eigenvalue weighted by Gasteiger charge is 2.28. The van der Waals surface area contributed by atoms with Crippen LogP contribution >= 0.6 is 11.3 Å². The van der Waals surface area contributed by atoms with E-state index in [2.05, 4.69) is 28.6 Å². The van der Waals surface area contributed by atoms with Crippen LogP contribution in [0, 0.1) is 19.8 Å². The molecule has 1 saturated heterocycles. The second-order valence-electron chi connectivity index (χ2n) is 6.70. The van der Waals surface area contributed by atoms with Gasteiger partial charge in [-0.1, -0.05) is 23.8 Å². The van der Waals surface area contributed by atoms with Crippen LogP contribution in [0.5, 0.6) is 0 Å². The fourth-order valence-corrected chi connectivity index (χ4v) is 3.73. The van der Waals surface area contributed by atoms with Crippen LogP contribution < -0.4 is 10.6 Å². The average molecular weight is 372 g/mol. The second kappa shape index (κ2) is 8.31. The number of carbonyl (C=O) groups is 2. The maximum atomic E-state index is 12.5. The van der Waals surface area contributed by atoms with E-state index in [-0.39, 0.29) is 17.9 Å². The van der Waals surface area contributed by atoms with Crippen molar-refractivity contribution in [1.82, 2.24) is 15.2 Å². The first-order chi connectivity index (χ1) is 12.5. The van der Waals surface area contributed by atoms with E-state index in [1.807, 2.05) is 24.4 Å². The highest BCUT2D eigenvalue weighted by molar-refractivity contribution is 7.13. The molecule has 0 bridgehead atoms. The maximum absolute atomic E-state index is 12.5. The van der Waals surface area contributed by atoms with Crippen molar-refractivity contribution in [1.29, 1.82) is 0 Å². The summed E-state index contributed by atoms with van der Waals surface area (Å²) in [5, 5.41) is 8.24. The summed E-state index contributed by atoms with van der Waals surface area (Å²) < 4.78 is 0. The van der Waals surface area contributed by atoms with Crippen LogP contribution in [0.4, 0.5) is 9.93 Å². The van der Waals surface area contributed by atoms with Crippen molar-refractivity contribution in [3.63, 3.8) is 0 Å². The number of piperidine rings is 1. The lowest BCUT2D eigenvalue weighted by Crippen LogP contribution is -2.47. The van der Waals surface area contributed by atoms with E-state index in [4.69, 9.17) is 0 Å². The molecule has 2 heterocycles. The molecular weight excluding hydrogens is 348 g/mol. The second-order valence-corrected chi connectivity index (χ2v) is 7.59. The smallest absolute Gasteiger partial charge is 0.317 e. The average Bonchev–Trinajstić information content (AvgIpc) is 3.14. The third-order valence-electron chi connectivity index (χ3n) is 4.67. The standard InChI is InChI=1S/C19H24N4O2S/c1-13-5-6-15(14(2)10-13)11-21-19(25)23-8-3-4-16(12-23)17(24)22-18-20-7-9-26-18/h5-7,9-10,16H,3-4,8,11-12H2,1-2H3,(H,21,25)(H,20,22,24)/t16-/m0/s1. The topological polar surface area (TPSA) is 74.3 Å². The largest absolute Gasteiger partial charge is 0.334 e. The van der Waals surface area contributed by atoms with Gasteiger partial charge in [0.25, 0.3) is 0 Å². The highest BCUT2D eigenvalue weighted by atomic mass is 32.1. The monoisotopic (exact) mass is 372 g/mol. The summed E-state index contributed by atoms with van der Waals surface area (Å²) in [5.74, 6) is -0.258. The fraction of sp³-hybridized carbons (Fsp3) is 0.421. The van der Waals surface area contributed by atoms with E-state index < -0.39 is 0 Å². The first kappa shape index (κ1) is 18.4. The lowest BCUT2D eigenvalue weighted by atomic mass is 9.97. The van der Waals surface area contributed by atoms with Gasteiger partial charge < -0.3 is 15.5 Å². The predicted molar refractivity (Wildman–Crippen MR) is 103 cm³/mol. The number of nitrogens with one attached hydrogen (secondary N) is 2. The minimum Gasteiger partial charge on any atom is -0.334 e. The molecule has 0 aliphatic carbocycles. The van der Waals surface area contributed by atoms with Gasteiger partial charge >= 0.3 is 6.03 Å². The van der Waals surface area contributed by atoms with E-state index in [1.54, 1.807) is 11.1 Å². The Labute approximate surface area is 157 Å². The Morgan fingerprint density at radius 3 is 2.92 bits per heavy atom. The Morgan fingerprint density at radius 2 is 2.19 bits per heavy atom. The van der Waals surface area contributed by atoms with Gasteiger partial charge in [0.15, 0.2) is 5.13 Å². The van der Waals surface area contributed by atoms with Crippen LogP contribution in [0.25, 0.3) is 0 Å². The lowest BCUT2D eigenvalue weighted by molar-refractivity contribution is -0.121. The minimum atomic E-state index is -0.195. The third-order valence-corrected chi connectivity index (χ3v) is 5.36. The van der Waals surface area contributed by atoms with Crippen LogP contribution in [0.2, 0.25) is 0 Å². The summed E-state index contributed by atoms with van der Waals surface area (Å²) in [6.07, 6.45) is 3.28. The SMILES string of the molecule is Cc1ccc(CNC(=O)N2CCC[C@H](C(=O)Nc3nccs3)C2)c(C)c1. The van der Waals surface area contributed by atoms with Crippen LogP contribution in [0.15, 0.2) is 29.8 Å². The molecule has 1 aromatic heterocycles. The van der Waals surface area contributed by atoms with Gasteiger partial charge in [0.05, 0.1) is 5.92 Å². The summed E-state index contributed by atoms with van der Waals surface area (Å²) in [6.45, 7) is 5.72. The van der Waals surface area contributed by atoms with Crippen molar-refractivity contribution < 1.29 is 9.59 Å². The molecule has 0 saturated carbocycles. The normalized spacial score (nSPS) is 17.0. The first-order valence-corrected chi connectivity index (χ1v) is 9.70. The molecule has 2 aromatic rings. The number of likely N-dealkylation sites (tertiary alicyclic amines) is 1. The number of urea groups is 1. The van der Waals surface area contributed by atoms with Gasteiger partial charge in [0.2, 0.25) is 5.91 Å². The Morgan fingerprint density at radius 1 is 1.35 bits per heavy atom. The molecule has 0 spiro atoms. The van der Waals surface area contributed by atoms with Crippen molar-refractivity contribution in [2.45, 2.75) is 33.2 Å². The molecule has 0 radical (unpaired) electrons. The summed E-state index contributed by atoms with van der Waals surface area (Å²) in [6, 6.07) is 6.10. The molecule has 1 aliphatic heterocycles. The quantitative estimate of drug-likeness (QED) is 0.865. The number of hydrogen-bond donors (Lipinski definition) is 2. The van der Waals surface area contributed by atoms with Gasteiger partial charge in [0.1, 0.15) is 0 Å². The van der Waals surface area contributed by atoms with Crippen LogP contribution in [-0.2, 0) is 11.3 Å². The molecule has 138 valence electrons. The van der Waals surface area contributed by atoms with Crippen LogP contribution in [0.1, 0.15) is 29.5 Å². The van der Waals surface area contributed by atoms with E-state index in [0.717, 1.165) is 18.4 Å². The zero-order valence-corrected chi connectivity index (χ0v) is 15.9. The Kier molecular flexibility index (Phi) is 5.88. The minimum absolute atomic E-state index is 0.0631. The van der Waals surface area contributed by atoms with Gasteiger partial charge in [-0.15, -0.1) is 11.3 Å². The molecule has 26 heavy (non-hydrogen) atoms. The van der Waals surface area contributed by atoms with Crippen molar-refractivity contribution in [3.05, 3.63) is 46.5 Å². The lowest BCUT2D eigenvalue weighted by Gasteiger charge is -2.32. The Hall–Kier alpha value is -2.41. The number of benzene rings is 1. The summed E-state index contributed by atoms with van der Waals surface area (Å²) >= 11 is 1.39. The molecule has 6 nitrogen and oxygen atoms in total. The first-order valence-electron chi connectivity index (χ1n) is 8.82. The molecule has 1 aromatic carbocycles.